The van der Waals surface area contributed by atoms with Gasteiger partial charge in [0.05, 0.1) is 5.52 Å². The first-order valence-electron chi connectivity index (χ1n) is 4.84. The summed E-state index contributed by atoms with van der Waals surface area (Å²) in [5.74, 6) is 0.662. The number of rotatable bonds is 1. The summed E-state index contributed by atoms with van der Waals surface area (Å²) >= 11 is 5.93. The molecule has 0 aliphatic heterocycles. The smallest absolute Gasteiger partial charge is 0.349 e. The van der Waals surface area contributed by atoms with Gasteiger partial charge < -0.3 is 4.90 Å². The van der Waals surface area contributed by atoms with E-state index in [2.05, 4.69) is 4.98 Å². The lowest BCUT2D eigenvalue weighted by atomic mass is 10.2. The number of aryl methyl sites for hydroxylation is 1. The summed E-state index contributed by atoms with van der Waals surface area (Å²) in [4.78, 5) is 17.5. The van der Waals surface area contributed by atoms with Gasteiger partial charge >= 0.3 is 5.69 Å². The summed E-state index contributed by atoms with van der Waals surface area (Å²) < 4.78 is 1.49. The van der Waals surface area contributed by atoms with Gasteiger partial charge in [0.2, 0.25) is 0 Å². The highest BCUT2D eigenvalue weighted by Gasteiger charge is 2.09. The van der Waals surface area contributed by atoms with Crippen molar-refractivity contribution in [1.82, 2.24) is 9.55 Å². The van der Waals surface area contributed by atoms with Gasteiger partial charge in [0.1, 0.15) is 5.82 Å². The van der Waals surface area contributed by atoms with Crippen LogP contribution in [0.4, 0.5) is 5.82 Å². The molecule has 0 aliphatic carbocycles. The predicted molar refractivity (Wildman–Crippen MR) is 66.3 cm³/mol. The van der Waals surface area contributed by atoms with Gasteiger partial charge in [-0.15, -0.1) is 0 Å². The molecule has 0 aliphatic rings. The lowest BCUT2D eigenvalue weighted by Crippen LogP contribution is -2.24. The van der Waals surface area contributed by atoms with Gasteiger partial charge in [0.15, 0.2) is 0 Å². The van der Waals surface area contributed by atoms with Gasteiger partial charge in [-0.2, -0.15) is 4.98 Å². The molecular formula is C11H12ClN3O. The fraction of sp³-hybridized carbons (Fsp3) is 0.273. The van der Waals surface area contributed by atoms with E-state index in [0.717, 1.165) is 10.9 Å². The summed E-state index contributed by atoms with van der Waals surface area (Å²) in [7, 11) is 5.40. The number of hydrogen-bond donors (Lipinski definition) is 0. The molecule has 2 rings (SSSR count). The Morgan fingerprint density at radius 2 is 2.06 bits per heavy atom. The third-order valence-electron chi connectivity index (χ3n) is 2.47. The molecule has 0 radical (unpaired) electrons. The molecule has 0 spiro atoms. The zero-order valence-corrected chi connectivity index (χ0v) is 10.1. The molecule has 1 aromatic heterocycles. The molecule has 5 heteroatoms. The van der Waals surface area contributed by atoms with E-state index in [1.54, 1.807) is 19.2 Å². The highest BCUT2D eigenvalue weighted by Crippen LogP contribution is 2.23. The highest BCUT2D eigenvalue weighted by molar-refractivity contribution is 6.31. The fourth-order valence-electron chi connectivity index (χ4n) is 1.64. The van der Waals surface area contributed by atoms with Gasteiger partial charge in [0, 0.05) is 31.6 Å². The van der Waals surface area contributed by atoms with E-state index in [4.69, 9.17) is 11.6 Å². The van der Waals surface area contributed by atoms with Crippen molar-refractivity contribution in [1.29, 1.82) is 0 Å². The lowest BCUT2D eigenvalue weighted by molar-refractivity contribution is 0.845. The maximum atomic E-state index is 11.7. The van der Waals surface area contributed by atoms with Gasteiger partial charge in [-0.1, -0.05) is 11.6 Å². The fourth-order valence-corrected chi connectivity index (χ4v) is 1.81. The summed E-state index contributed by atoms with van der Waals surface area (Å²) in [6.07, 6.45) is 0. The van der Waals surface area contributed by atoms with E-state index in [-0.39, 0.29) is 5.69 Å². The third kappa shape index (κ3) is 1.65. The Morgan fingerprint density at radius 1 is 1.38 bits per heavy atom. The Bertz CT molecular complexity index is 604. The van der Waals surface area contributed by atoms with Gasteiger partial charge in [-0.3, -0.25) is 4.57 Å². The predicted octanol–water partition coefficient (Wildman–Crippen LogP) is 1.65. The van der Waals surface area contributed by atoms with E-state index in [9.17, 15) is 4.79 Å². The number of hydrogen-bond acceptors (Lipinski definition) is 3. The normalized spacial score (nSPS) is 10.8. The Balaban J connectivity index is 2.95. The van der Waals surface area contributed by atoms with Crippen molar-refractivity contribution < 1.29 is 0 Å². The van der Waals surface area contributed by atoms with Crippen LogP contribution in [0.15, 0.2) is 23.0 Å². The molecule has 0 fully saturated rings. The van der Waals surface area contributed by atoms with Crippen LogP contribution in [0.5, 0.6) is 0 Å². The summed E-state index contributed by atoms with van der Waals surface area (Å²) in [5.41, 5.74) is 0.509. The Labute approximate surface area is 98.1 Å². The highest BCUT2D eigenvalue weighted by atomic mass is 35.5. The second-order valence-corrected chi connectivity index (χ2v) is 4.27. The Kier molecular flexibility index (Phi) is 2.59. The number of halogens is 1. The number of nitrogens with zero attached hydrogens (tertiary/aromatic N) is 3. The molecule has 1 aromatic carbocycles. The van der Waals surface area contributed by atoms with Crippen molar-refractivity contribution in [3.63, 3.8) is 0 Å². The van der Waals surface area contributed by atoms with E-state index in [1.165, 1.54) is 4.57 Å². The topological polar surface area (TPSA) is 38.1 Å². The third-order valence-corrected chi connectivity index (χ3v) is 2.71. The number of anilines is 1. The van der Waals surface area contributed by atoms with Crippen molar-refractivity contribution in [2.24, 2.45) is 7.05 Å². The maximum absolute atomic E-state index is 11.7. The van der Waals surface area contributed by atoms with E-state index < -0.39 is 0 Å². The average Bonchev–Trinajstić information content (AvgIpc) is 2.23. The molecule has 0 unspecified atom stereocenters. The molecule has 16 heavy (non-hydrogen) atoms. The zero-order valence-electron chi connectivity index (χ0n) is 9.36. The Morgan fingerprint density at radius 3 is 2.69 bits per heavy atom. The van der Waals surface area contributed by atoms with Gasteiger partial charge in [0.25, 0.3) is 0 Å². The molecule has 4 nitrogen and oxygen atoms in total. The summed E-state index contributed by atoms with van der Waals surface area (Å²) in [5, 5.41) is 1.52. The monoisotopic (exact) mass is 237 g/mol. The van der Waals surface area contributed by atoms with E-state index in [0.29, 0.717) is 10.8 Å². The number of aromatic nitrogens is 2. The van der Waals surface area contributed by atoms with E-state index in [1.807, 2.05) is 25.1 Å². The standard InChI is InChI=1S/C11H12ClN3O/c1-14(2)10-8-5-4-7(12)6-9(8)15(3)11(16)13-10/h4-6H,1-3H3. The van der Waals surface area contributed by atoms with Crippen LogP contribution in [-0.4, -0.2) is 23.6 Å². The molecule has 0 saturated heterocycles. The molecule has 0 atom stereocenters. The van der Waals surface area contributed by atoms with Crippen LogP contribution in [0.3, 0.4) is 0 Å². The van der Waals surface area contributed by atoms with Crippen LogP contribution in [-0.2, 0) is 7.05 Å². The number of fused-ring (bicyclic) bond motifs is 1. The minimum Gasteiger partial charge on any atom is -0.362 e. The first-order chi connectivity index (χ1) is 7.50. The molecule has 0 bridgehead atoms. The lowest BCUT2D eigenvalue weighted by Gasteiger charge is -2.15. The molecular weight excluding hydrogens is 226 g/mol. The minimum atomic E-state index is -0.279. The van der Waals surface area contributed by atoms with Crippen LogP contribution < -0.4 is 10.6 Å². The molecule has 84 valence electrons. The number of benzene rings is 1. The molecule has 2 aromatic rings. The first-order valence-corrected chi connectivity index (χ1v) is 5.22. The van der Waals surface area contributed by atoms with Gasteiger partial charge in [-0.05, 0) is 18.2 Å². The van der Waals surface area contributed by atoms with Crippen LogP contribution in [0, 0.1) is 0 Å². The van der Waals surface area contributed by atoms with Crippen molar-refractivity contribution in [3.05, 3.63) is 33.7 Å². The molecule has 1 heterocycles. The summed E-state index contributed by atoms with van der Waals surface area (Å²) in [6, 6.07) is 5.44. The van der Waals surface area contributed by atoms with Crippen LogP contribution in [0.25, 0.3) is 10.9 Å². The average molecular weight is 238 g/mol. The van der Waals surface area contributed by atoms with Crippen molar-refractivity contribution >= 4 is 28.3 Å². The molecule has 0 saturated carbocycles. The molecule has 0 amide bonds. The maximum Gasteiger partial charge on any atom is 0.349 e. The van der Waals surface area contributed by atoms with Crippen molar-refractivity contribution in [3.8, 4) is 0 Å². The SMILES string of the molecule is CN(C)c1nc(=O)n(C)c2cc(Cl)ccc12. The van der Waals surface area contributed by atoms with Gasteiger partial charge in [-0.25, -0.2) is 4.79 Å². The first kappa shape index (κ1) is 11.0. The minimum absolute atomic E-state index is 0.279. The quantitative estimate of drug-likeness (QED) is 0.757. The van der Waals surface area contributed by atoms with Crippen LogP contribution in [0.1, 0.15) is 0 Å². The van der Waals surface area contributed by atoms with Crippen molar-refractivity contribution in [2.45, 2.75) is 0 Å². The van der Waals surface area contributed by atoms with Crippen molar-refractivity contribution in [2.75, 3.05) is 19.0 Å². The second-order valence-electron chi connectivity index (χ2n) is 3.83. The zero-order chi connectivity index (χ0) is 11.9. The largest absolute Gasteiger partial charge is 0.362 e. The Hall–Kier alpha value is -1.55. The van der Waals surface area contributed by atoms with E-state index >= 15 is 0 Å². The van der Waals surface area contributed by atoms with Crippen LogP contribution >= 0.6 is 11.6 Å². The second kappa shape index (κ2) is 3.79. The van der Waals surface area contributed by atoms with Crippen LogP contribution in [0.2, 0.25) is 5.02 Å². The summed E-state index contributed by atoms with van der Waals surface area (Å²) in [6.45, 7) is 0. The molecule has 0 N–H and O–H groups in total.